The Balaban J connectivity index is 2.85. The van der Waals surface area contributed by atoms with E-state index in [-0.39, 0.29) is 5.91 Å². The number of aromatic nitrogens is 2. The van der Waals surface area contributed by atoms with E-state index in [9.17, 15) is 4.79 Å². The predicted molar refractivity (Wildman–Crippen MR) is 65.4 cm³/mol. The zero-order valence-electron chi connectivity index (χ0n) is 11.2. The van der Waals surface area contributed by atoms with Crippen LogP contribution in [0.25, 0.3) is 0 Å². The van der Waals surface area contributed by atoms with Crippen LogP contribution in [0.5, 0.6) is 0 Å². The van der Waals surface area contributed by atoms with Gasteiger partial charge in [0.2, 0.25) is 5.91 Å². The number of rotatable bonds is 5. The Hall–Kier alpha value is -1.36. The van der Waals surface area contributed by atoms with Crippen LogP contribution < -0.4 is 5.48 Å². The van der Waals surface area contributed by atoms with E-state index in [1.165, 1.54) is 7.11 Å². The highest BCUT2D eigenvalue weighted by molar-refractivity contribution is 5.78. The zero-order valence-corrected chi connectivity index (χ0v) is 11.2. The summed E-state index contributed by atoms with van der Waals surface area (Å²) in [6, 6.07) is 0. The van der Waals surface area contributed by atoms with Crippen molar-refractivity contribution >= 4 is 5.91 Å². The lowest BCUT2D eigenvalue weighted by molar-refractivity contribution is -0.130. The molecule has 0 fully saturated rings. The van der Waals surface area contributed by atoms with Gasteiger partial charge in [-0.2, -0.15) is 5.10 Å². The number of hydrogen-bond acceptors (Lipinski definition) is 3. The number of nitrogens with one attached hydrogen (secondary N) is 1. The molecule has 0 unspecified atom stereocenters. The molecule has 1 rings (SSSR count). The molecule has 0 aliphatic heterocycles. The lowest BCUT2D eigenvalue weighted by Crippen LogP contribution is -2.24. The Kier molecular flexibility index (Phi) is 4.69. The molecule has 17 heavy (non-hydrogen) atoms. The number of carbonyl (C=O) groups is 1. The topological polar surface area (TPSA) is 56.1 Å². The highest BCUT2D eigenvalue weighted by Crippen LogP contribution is 2.15. The number of nitrogens with zero attached hydrogens (tertiary/aromatic N) is 2. The van der Waals surface area contributed by atoms with Gasteiger partial charge in [-0.15, -0.1) is 0 Å². The minimum atomic E-state index is -0.150. The molecule has 0 spiro atoms. The van der Waals surface area contributed by atoms with E-state index in [1.54, 1.807) is 0 Å². The standard InChI is InChI=1S/C12H21N3O2/c1-8(2)7-15-10(4)11(9(3)13-15)6-12(16)14-17-5/h8H,6-7H2,1-5H3,(H,14,16). The monoisotopic (exact) mass is 239 g/mol. The van der Waals surface area contributed by atoms with Crippen molar-refractivity contribution in [2.75, 3.05) is 7.11 Å². The molecule has 1 heterocycles. The second kappa shape index (κ2) is 5.82. The largest absolute Gasteiger partial charge is 0.277 e. The summed E-state index contributed by atoms with van der Waals surface area (Å²) < 4.78 is 1.97. The molecule has 1 aromatic heterocycles. The number of amides is 1. The van der Waals surface area contributed by atoms with E-state index < -0.39 is 0 Å². The lowest BCUT2D eigenvalue weighted by atomic mass is 10.1. The molecule has 1 amide bonds. The van der Waals surface area contributed by atoms with Crippen LogP contribution in [-0.4, -0.2) is 22.8 Å². The van der Waals surface area contributed by atoms with Gasteiger partial charge in [0.25, 0.3) is 0 Å². The van der Waals surface area contributed by atoms with Crippen LogP contribution in [-0.2, 0) is 22.6 Å². The number of aryl methyl sites for hydroxylation is 1. The molecule has 0 saturated carbocycles. The van der Waals surface area contributed by atoms with Crippen LogP contribution in [0, 0.1) is 19.8 Å². The summed E-state index contributed by atoms with van der Waals surface area (Å²) >= 11 is 0. The number of hydroxylamine groups is 1. The fourth-order valence-corrected chi connectivity index (χ4v) is 1.82. The van der Waals surface area contributed by atoms with Gasteiger partial charge in [-0.3, -0.25) is 14.3 Å². The van der Waals surface area contributed by atoms with E-state index in [0.29, 0.717) is 12.3 Å². The van der Waals surface area contributed by atoms with Crippen molar-refractivity contribution in [2.24, 2.45) is 5.92 Å². The minimum absolute atomic E-state index is 0.150. The molecule has 0 saturated heterocycles. The fraction of sp³-hybridized carbons (Fsp3) is 0.667. The summed E-state index contributed by atoms with van der Waals surface area (Å²) in [5, 5.41) is 4.46. The molecule has 0 bridgehead atoms. The molecule has 0 aliphatic carbocycles. The quantitative estimate of drug-likeness (QED) is 0.790. The highest BCUT2D eigenvalue weighted by Gasteiger charge is 2.15. The summed E-state index contributed by atoms with van der Waals surface area (Å²) in [4.78, 5) is 16.1. The lowest BCUT2D eigenvalue weighted by Gasteiger charge is -2.08. The third kappa shape index (κ3) is 3.56. The highest BCUT2D eigenvalue weighted by atomic mass is 16.6. The van der Waals surface area contributed by atoms with Gasteiger partial charge in [-0.05, 0) is 19.8 Å². The van der Waals surface area contributed by atoms with Crippen LogP contribution in [0.1, 0.15) is 30.8 Å². The van der Waals surface area contributed by atoms with Crippen LogP contribution >= 0.6 is 0 Å². The van der Waals surface area contributed by atoms with E-state index in [2.05, 4.69) is 29.3 Å². The van der Waals surface area contributed by atoms with Crippen LogP contribution in [0.2, 0.25) is 0 Å². The van der Waals surface area contributed by atoms with Crippen molar-refractivity contribution in [2.45, 2.75) is 40.7 Å². The van der Waals surface area contributed by atoms with Crippen LogP contribution in [0.3, 0.4) is 0 Å². The van der Waals surface area contributed by atoms with Crippen molar-refractivity contribution in [1.82, 2.24) is 15.3 Å². The second-order valence-corrected chi connectivity index (χ2v) is 4.63. The maximum absolute atomic E-state index is 11.5. The van der Waals surface area contributed by atoms with Gasteiger partial charge in [0.1, 0.15) is 0 Å². The Morgan fingerprint density at radius 1 is 1.47 bits per heavy atom. The van der Waals surface area contributed by atoms with Crippen molar-refractivity contribution in [3.8, 4) is 0 Å². The SMILES string of the molecule is CONC(=O)Cc1c(C)nn(CC(C)C)c1C. The Bertz CT molecular complexity index is 397. The van der Waals surface area contributed by atoms with Crippen LogP contribution in [0.15, 0.2) is 0 Å². The van der Waals surface area contributed by atoms with Gasteiger partial charge in [0.05, 0.1) is 19.2 Å². The predicted octanol–water partition coefficient (Wildman–Crippen LogP) is 1.38. The Morgan fingerprint density at radius 2 is 2.12 bits per heavy atom. The molecule has 96 valence electrons. The van der Waals surface area contributed by atoms with E-state index >= 15 is 0 Å². The molecule has 0 radical (unpaired) electrons. The Labute approximate surface area is 102 Å². The number of carbonyl (C=O) groups excluding carboxylic acids is 1. The van der Waals surface area contributed by atoms with Crippen molar-refractivity contribution in [3.05, 3.63) is 17.0 Å². The molecular weight excluding hydrogens is 218 g/mol. The van der Waals surface area contributed by atoms with E-state index in [1.807, 2.05) is 18.5 Å². The average molecular weight is 239 g/mol. The first-order valence-electron chi connectivity index (χ1n) is 5.80. The molecule has 0 aromatic carbocycles. The molecule has 0 atom stereocenters. The summed E-state index contributed by atoms with van der Waals surface area (Å²) in [5.41, 5.74) is 5.28. The molecule has 1 N–H and O–H groups in total. The first-order valence-corrected chi connectivity index (χ1v) is 5.80. The summed E-state index contributed by atoms with van der Waals surface area (Å²) in [6.45, 7) is 9.09. The molecule has 1 aromatic rings. The van der Waals surface area contributed by atoms with Crippen molar-refractivity contribution in [1.29, 1.82) is 0 Å². The van der Waals surface area contributed by atoms with Gasteiger partial charge in [-0.1, -0.05) is 13.8 Å². The molecule has 0 aliphatic rings. The van der Waals surface area contributed by atoms with Gasteiger partial charge in [-0.25, -0.2) is 5.48 Å². The second-order valence-electron chi connectivity index (χ2n) is 4.63. The van der Waals surface area contributed by atoms with Crippen LogP contribution in [0.4, 0.5) is 0 Å². The van der Waals surface area contributed by atoms with Crippen molar-refractivity contribution < 1.29 is 9.63 Å². The summed E-state index contributed by atoms with van der Waals surface area (Å²) in [5.74, 6) is 0.386. The van der Waals surface area contributed by atoms with Crippen molar-refractivity contribution in [3.63, 3.8) is 0 Å². The van der Waals surface area contributed by atoms with Gasteiger partial charge in [0, 0.05) is 17.8 Å². The summed E-state index contributed by atoms with van der Waals surface area (Å²) in [6.07, 6.45) is 0.309. The number of hydrogen-bond donors (Lipinski definition) is 1. The molecule has 5 nitrogen and oxygen atoms in total. The Morgan fingerprint density at radius 3 is 2.65 bits per heavy atom. The normalized spacial score (nSPS) is 10.9. The minimum Gasteiger partial charge on any atom is -0.277 e. The first-order chi connectivity index (χ1) is 7.95. The average Bonchev–Trinajstić information content (AvgIpc) is 2.45. The third-order valence-electron chi connectivity index (χ3n) is 2.62. The third-order valence-corrected chi connectivity index (χ3v) is 2.62. The van der Waals surface area contributed by atoms with Gasteiger partial charge >= 0.3 is 0 Å². The fourth-order valence-electron chi connectivity index (χ4n) is 1.82. The van der Waals surface area contributed by atoms with Gasteiger partial charge in [0.15, 0.2) is 0 Å². The first kappa shape index (κ1) is 13.7. The van der Waals surface area contributed by atoms with E-state index in [0.717, 1.165) is 23.5 Å². The zero-order chi connectivity index (χ0) is 13.0. The maximum Gasteiger partial charge on any atom is 0.248 e. The van der Waals surface area contributed by atoms with E-state index in [4.69, 9.17) is 0 Å². The molecule has 5 heteroatoms. The maximum atomic E-state index is 11.5. The molecular formula is C12H21N3O2. The summed E-state index contributed by atoms with van der Waals surface area (Å²) in [7, 11) is 1.43. The van der Waals surface area contributed by atoms with Gasteiger partial charge < -0.3 is 0 Å². The smallest absolute Gasteiger partial charge is 0.248 e.